The van der Waals surface area contributed by atoms with Crippen LogP contribution < -0.4 is 0 Å². The van der Waals surface area contributed by atoms with Crippen molar-refractivity contribution in [3.8, 4) is 0 Å². The van der Waals surface area contributed by atoms with E-state index in [9.17, 15) is 29.3 Å². The van der Waals surface area contributed by atoms with Crippen LogP contribution in [0.2, 0.25) is 0 Å². The van der Waals surface area contributed by atoms with Crippen molar-refractivity contribution in [2.75, 3.05) is 6.54 Å². The van der Waals surface area contributed by atoms with Gasteiger partial charge < -0.3 is 0 Å². The summed E-state index contributed by atoms with van der Waals surface area (Å²) in [6.45, 7) is 0.951. The summed E-state index contributed by atoms with van der Waals surface area (Å²) in [7, 11) is 0. The standard InChI is InChI=1S/C25H15Cl6N3O6/c1-11-6-8-12(9-7-11)15(35)10-32(20(36)13-4-2-3-5-14(13)34(39)40)33-21(37)16-17(22(33)38)24(29)19(27)18(26)23(16,28)25(24,30)31/h2-9,16-17H,10H2,1H3/t16-,17-,23-,24-/m1/s1. The number of nitro benzene ring substituents is 1. The fourth-order valence-electron chi connectivity index (χ4n) is 5.37. The Morgan fingerprint density at radius 2 is 1.43 bits per heavy atom. The Morgan fingerprint density at radius 3 is 1.93 bits per heavy atom. The summed E-state index contributed by atoms with van der Waals surface area (Å²) in [5.41, 5.74) is -0.0923. The number of amides is 3. The monoisotopic (exact) mass is 663 g/mol. The van der Waals surface area contributed by atoms with Crippen molar-refractivity contribution < 1.29 is 24.1 Å². The van der Waals surface area contributed by atoms with Gasteiger partial charge in [-0.3, -0.25) is 29.3 Å². The van der Waals surface area contributed by atoms with E-state index in [1.165, 1.54) is 24.3 Å². The zero-order valence-corrected chi connectivity index (χ0v) is 24.6. The number of nitro groups is 1. The fourth-order valence-corrected chi connectivity index (χ4v) is 8.30. The molecule has 2 aromatic carbocycles. The number of nitrogens with zero attached hydrogens (tertiary/aromatic N) is 3. The third-order valence-electron chi connectivity index (χ3n) is 7.36. The molecule has 208 valence electrons. The summed E-state index contributed by atoms with van der Waals surface area (Å²) in [5.74, 6) is -7.21. The molecule has 2 aromatic rings. The number of allylic oxidation sites excluding steroid dienone is 2. The lowest BCUT2D eigenvalue weighted by Crippen LogP contribution is -2.56. The first-order valence-corrected chi connectivity index (χ1v) is 13.7. The van der Waals surface area contributed by atoms with E-state index in [1.54, 1.807) is 19.1 Å². The predicted octanol–water partition coefficient (Wildman–Crippen LogP) is 5.59. The minimum Gasteiger partial charge on any atom is -0.292 e. The van der Waals surface area contributed by atoms with E-state index in [0.717, 1.165) is 17.7 Å². The van der Waals surface area contributed by atoms with Gasteiger partial charge in [0.25, 0.3) is 23.4 Å². The number of hydrogen-bond acceptors (Lipinski definition) is 6. The number of hydrazine groups is 1. The average Bonchev–Trinajstić information content (AvgIpc) is 3.30. The van der Waals surface area contributed by atoms with Crippen LogP contribution in [-0.4, -0.2) is 59.1 Å². The number of aryl methyl sites for hydroxylation is 1. The molecule has 15 heteroatoms. The smallest absolute Gasteiger partial charge is 0.282 e. The van der Waals surface area contributed by atoms with Gasteiger partial charge in [0.1, 0.15) is 21.9 Å². The quantitative estimate of drug-likeness (QED) is 0.131. The molecule has 3 amide bonds. The molecule has 4 atom stereocenters. The lowest BCUT2D eigenvalue weighted by Gasteiger charge is -2.36. The van der Waals surface area contributed by atoms with Gasteiger partial charge in [-0.05, 0) is 13.0 Å². The number of fused-ring (bicyclic) bond motifs is 5. The Morgan fingerprint density at radius 1 is 0.925 bits per heavy atom. The first-order chi connectivity index (χ1) is 18.6. The number of imide groups is 1. The molecule has 0 radical (unpaired) electrons. The first-order valence-electron chi connectivity index (χ1n) is 11.5. The van der Waals surface area contributed by atoms with E-state index in [1.807, 2.05) is 0 Å². The maximum Gasteiger partial charge on any atom is 0.282 e. The molecule has 0 unspecified atom stereocenters. The second kappa shape index (κ2) is 9.58. The zero-order chi connectivity index (χ0) is 29.5. The van der Waals surface area contributed by atoms with E-state index < -0.39 is 72.1 Å². The molecule has 1 aliphatic heterocycles. The van der Waals surface area contributed by atoms with Crippen molar-refractivity contribution in [1.29, 1.82) is 0 Å². The van der Waals surface area contributed by atoms with Crippen molar-refractivity contribution in [3.63, 3.8) is 0 Å². The summed E-state index contributed by atoms with van der Waals surface area (Å²) in [4.78, 5) is 61.5. The van der Waals surface area contributed by atoms with Crippen LogP contribution in [0.25, 0.3) is 0 Å². The highest BCUT2D eigenvalue weighted by atomic mass is 35.5. The van der Waals surface area contributed by atoms with E-state index in [2.05, 4.69) is 0 Å². The first kappa shape index (κ1) is 29.1. The van der Waals surface area contributed by atoms with Gasteiger partial charge in [0, 0.05) is 11.6 Å². The summed E-state index contributed by atoms with van der Waals surface area (Å²) in [6.07, 6.45) is 0. The van der Waals surface area contributed by atoms with Gasteiger partial charge in [-0.2, -0.15) is 5.01 Å². The maximum atomic E-state index is 13.9. The van der Waals surface area contributed by atoms with Crippen LogP contribution in [0.4, 0.5) is 5.69 Å². The number of carbonyl (C=O) groups excluding carboxylic acids is 4. The SMILES string of the molecule is Cc1ccc(C(=O)CN(C(=O)c2ccccc2[N+](=O)[O-])N2C(=O)[C@H]3[C@H](C2=O)[C@@]2(Cl)C(Cl)=C(Cl)[C@@]3(Cl)C2(Cl)Cl)cc1. The number of halogens is 6. The van der Waals surface area contributed by atoms with Gasteiger partial charge >= 0.3 is 0 Å². The molecule has 3 aliphatic rings. The van der Waals surface area contributed by atoms with Crippen molar-refractivity contribution in [1.82, 2.24) is 10.0 Å². The Labute approximate surface area is 256 Å². The van der Waals surface area contributed by atoms with E-state index in [4.69, 9.17) is 69.6 Å². The number of Topliss-reactive ketones (excluding diaryl/α,β-unsaturated/α-hetero) is 1. The number of benzene rings is 2. The second-order valence-corrected chi connectivity index (χ2v) is 12.8. The zero-order valence-electron chi connectivity index (χ0n) is 20.0. The topological polar surface area (TPSA) is 118 Å². The molecule has 1 saturated carbocycles. The van der Waals surface area contributed by atoms with Gasteiger partial charge in [-0.15, -0.1) is 23.2 Å². The summed E-state index contributed by atoms with van der Waals surface area (Å²) < 4.78 is -2.21. The number of alkyl halides is 4. The minimum atomic E-state index is -2.21. The number of rotatable bonds is 6. The average molecular weight is 666 g/mol. The molecule has 40 heavy (non-hydrogen) atoms. The van der Waals surface area contributed by atoms with Gasteiger partial charge in [0.15, 0.2) is 10.1 Å². The molecule has 2 aliphatic carbocycles. The normalized spacial score (nSPS) is 28.2. The Hall–Kier alpha value is -2.40. The summed E-state index contributed by atoms with van der Waals surface area (Å²) >= 11 is 39.2. The van der Waals surface area contributed by atoms with Gasteiger partial charge in [0.05, 0.1) is 26.8 Å². The van der Waals surface area contributed by atoms with Gasteiger partial charge in [-0.1, -0.05) is 88.4 Å². The molecule has 1 saturated heterocycles. The Bertz CT molecular complexity index is 1520. The molecule has 2 bridgehead atoms. The molecular weight excluding hydrogens is 651 g/mol. The van der Waals surface area contributed by atoms with E-state index in [-0.39, 0.29) is 15.6 Å². The molecule has 1 heterocycles. The highest BCUT2D eigenvalue weighted by molar-refractivity contribution is 6.66. The van der Waals surface area contributed by atoms with Crippen LogP contribution in [0.1, 0.15) is 26.3 Å². The molecule has 0 N–H and O–H groups in total. The van der Waals surface area contributed by atoms with Crippen LogP contribution in [0.15, 0.2) is 58.6 Å². The van der Waals surface area contributed by atoms with Crippen LogP contribution >= 0.6 is 69.6 Å². The minimum absolute atomic E-state index is 0.154. The second-order valence-electron chi connectivity index (χ2n) is 9.50. The van der Waals surface area contributed by atoms with Gasteiger partial charge in [0.2, 0.25) is 0 Å². The Balaban J connectivity index is 1.63. The van der Waals surface area contributed by atoms with Crippen LogP contribution in [0.3, 0.4) is 0 Å². The van der Waals surface area contributed by atoms with Crippen LogP contribution in [-0.2, 0) is 9.59 Å². The lowest BCUT2D eigenvalue weighted by atomic mass is 9.84. The van der Waals surface area contributed by atoms with Crippen LogP contribution in [0.5, 0.6) is 0 Å². The van der Waals surface area contributed by atoms with E-state index >= 15 is 0 Å². The number of carbonyl (C=O) groups is 4. The largest absolute Gasteiger partial charge is 0.292 e. The third kappa shape index (κ3) is 3.61. The molecular formula is C25H15Cl6N3O6. The number of ketones is 1. The predicted molar refractivity (Wildman–Crippen MR) is 149 cm³/mol. The summed E-state index contributed by atoms with van der Waals surface area (Å²) in [5, 5.41) is 11.9. The molecule has 5 rings (SSSR count). The van der Waals surface area contributed by atoms with Crippen LogP contribution in [0, 0.1) is 28.9 Å². The molecule has 2 fully saturated rings. The molecule has 9 nitrogen and oxygen atoms in total. The summed E-state index contributed by atoms with van der Waals surface area (Å²) in [6, 6.07) is 11.2. The fraction of sp³-hybridized carbons (Fsp3) is 0.280. The maximum absolute atomic E-state index is 13.9. The highest BCUT2D eigenvalue weighted by Crippen LogP contribution is 2.77. The van der Waals surface area contributed by atoms with Crippen molar-refractivity contribution in [3.05, 3.63) is 85.4 Å². The lowest BCUT2D eigenvalue weighted by molar-refractivity contribution is -0.385. The van der Waals surface area contributed by atoms with E-state index in [0.29, 0.717) is 10.0 Å². The molecule has 0 aromatic heterocycles. The third-order valence-corrected chi connectivity index (χ3v) is 11.6. The highest BCUT2D eigenvalue weighted by Gasteiger charge is 2.88. The van der Waals surface area contributed by atoms with Crippen molar-refractivity contribution >= 4 is 98.8 Å². The Kier molecular flexibility index (Phi) is 6.97. The number of hydrogen-bond donors (Lipinski definition) is 0. The van der Waals surface area contributed by atoms with Crippen molar-refractivity contribution in [2.45, 2.75) is 21.0 Å². The van der Waals surface area contributed by atoms with Crippen molar-refractivity contribution in [2.24, 2.45) is 11.8 Å². The molecule has 0 spiro atoms. The number of para-hydroxylation sites is 1. The van der Waals surface area contributed by atoms with Gasteiger partial charge in [-0.25, -0.2) is 5.01 Å².